The third kappa shape index (κ3) is 3.68. The molecule has 156 valence electrons. The fraction of sp³-hybridized carbons (Fsp3) is 0.522. The maximum atomic E-state index is 12.9. The number of carbonyl (C=O) groups excluding carboxylic acids is 3. The van der Waals surface area contributed by atoms with Crippen LogP contribution in [0.5, 0.6) is 0 Å². The molecule has 3 rings (SSSR count). The quantitative estimate of drug-likeness (QED) is 0.588. The maximum absolute atomic E-state index is 12.9. The Morgan fingerprint density at radius 3 is 2.45 bits per heavy atom. The number of anilines is 1. The van der Waals surface area contributed by atoms with Gasteiger partial charge in [-0.05, 0) is 37.3 Å². The maximum Gasteiger partial charge on any atom is 0.325 e. The van der Waals surface area contributed by atoms with Crippen LogP contribution in [0, 0.1) is 5.92 Å². The van der Waals surface area contributed by atoms with Gasteiger partial charge in [0.15, 0.2) is 5.78 Å². The number of imide groups is 1. The molecule has 6 heteroatoms. The van der Waals surface area contributed by atoms with Crippen LogP contribution in [0.25, 0.3) is 0 Å². The van der Waals surface area contributed by atoms with Crippen LogP contribution in [0.15, 0.2) is 36.0 Å². The lowest BCUT2D eigenvalue weighted by atomic mass is 9.83. The monoisotopic (exact) mass is 397 g/mol. The molecule has 29 heavy (non-hydrogen) atoms. The molecular weight excluding hydrogens is 366 g/mol. The lowest BCUT2D eigenvalue weighted by molar-refractivity contribution is -0.133. The number of hydrogen-bond donors (Lipinski definition) is 1. The highest BCUT2D eigenvalue weighted by atomic mass is 16.2. The fourth-order valence-electron chi connectivity index (χ4n) is 4.25. The van der Waals surface area contributed by atoms with E-state index in [0.29, 0.717) is 12.3 Å². The van der Waals surface area contributed by atoms with Crippen LogP contribution < -0.4 is 10.2 Å². The Hall–Kier alpha value is -2.63. The Morgan fingerprint density at radius 1 is 1.17 bits per heavy atom. The lowest BCUT2D eigenvalue weighted by Gasteiger charge is -2.24. The van der Waals surface area contributed by atoms with Gasteiger partial charge >= 0.3 is 6.03 Å². The standard InChI is InChI=1S/C23H31N3O3/c1-15(2)11-12-23(5)20(28)26(21(29)24-23)14-16(27)13-19-22(3,4)17-9-7-8-10-18(17)25(19)6/h7-10,13,15H,11-12,14H2,1-6H3,(H,24,29)/b19-13-. The Labute approximate surface area is 172 Å². The first-order chi connectivity index (χ1) is 13.5. The van der Waals surface area contributed by atoms with Gasteiger partial charge in [0.2, 0.25) is 0 Å². The molecule has 1 N–H and O–H groups in total. The lowest BCUT2D eigenvalue weighted by Crippen LogP contribution is -2.44. The van der Waals surface area contributed by atoms with Gasteiger partial charge < -0.3 is 10.2 Å². The molecule has 2 aliphatic heterocycles. The topological polar surface area (TPSA) is 69.7 Å². The Bertz CT molecular complexity index is 887. The highest BCUT2D eigenvalue weighted by Gasteiger charge is 2.48. The molecule has 0 spiro atoms. The summed E-state index contributed by atoms with van der Waals surface area (Å²) in [5.41, 5.74) is 1.81. The second-order valence-corrected chi connectivity index (χ2v) is 9.28. The van der Waals surface area contributed by atoms with Crippen molar-refractivity contribution in [2.24, 2.45) is 5.92 Å². The van der Waals surface area contributed by atoms with Crippen LogP contribution in [-0.4, -0.2) is 41.8 Å². The third-order valence-corrected chi connectivity index (χ3v) is 6.12. The Balaban J connectivity index is 1.77. The number of rotatable bonds is 6. The molecule has 0 bridgehead atoms. The largest absolute Gasteiger partial charge is 0.347 e. The first-order valence-electron chi connectivity index (χ1n) is 10.2. The molecular formula is C23H31N3O3. The van der Waals surface area contributed by atoms with Crippen LogP contribution in [0.3, 0.4) is 0 Å². The second-order valence-electron chi connectivity index (χ2n) is 9.28. The molecule has 1 aromatic carbocycles. The summed E-state index contributed by atoms with van der Waals surface area (Å²) in [5.74, 6) is -0.153. The van der Waals surface area contributed by atoms with Crippen LogP contribution in [-0.2, 0) is 15.0 Å². The van der Waals surface area contributed by atoms with Gasteiger partial charge in [0, 0.05) is 29.9 Å². The zero-order chi connectivity index (χ0) is 21.6. The zero-order valence-corrected chi connectivity index (χ0v) is 18.2. The predicted octanol–water partition coefficient (Wildman–Crippen LogP) is 3.61. The average molecular weight is 398 g/mol. The van der Waals surface area contributed by atoms with Crippen LogP contribution in [0.4, 0.5) is 10.5 Å². The number of nitrogens with one attached hydrogen (secondary N) is 1. The SMILES string of the molecule is CC(C)CCC1(C)NC(=O)N(CC(=O)/C=C2\N(C)c3ccccc3C2(C)C)C1=O. The van der Waals surface area contributed by atoms with Crippen molar-refractivity contribution in [3.05, 3.63) is 41.6 Å². The van der Waals surface area contributed by atoms with Crippen molar-refractivity contribution >= 4 is 23.4 Å². The number of urea groups is 1. The van der Waals surface area contributed by atoms with Crippen molar-refractivity contribution in [2.75, 3.05) is 18.5 Å². The van der Waals surface area contributed by atoms with Crippen molar-refractivity contribution in [3.63, 3.8) is 0 Å². The van der Waals surface area contributed by atoms with E-state index in [1.165, 1.54) is 0 Å². The Morgan fingerprint density at radius 2 is 1.83 bits per heavy atom. The predicted molar refractivity (Wildman–Crippen MR) is 114 cm³/mol. The highest BCUT2D eigenvalue weighted by molar-refractivity contribution is 6.10. The number of nitrogens with zero attached hydrogens (tertiary/aromatic N) is 2. The van der Waals surface area contributed by atoms with E-state index >= 15 is 0 Å². The normalized spacial score (nSPS) is 24.4. The van der Waals surface area contributed by atoms with E-state index in [2.05, 4.69) is 39.1 Å². The number of hydrogen-bond acceptors (Lipinski definition) is 4. The van der Waals surface area contributed by atoms with Gasteiger partial charge in [0.1, 0.15) is 5.54 Å². The fourth-order valence-corrected chi connectivity index (χ4v) is 4.25. The van der Waals surface area contributed by atoms with Gasteiger partial charge in [0.25, 0.3) is 5.91 Å². The summed E-state index contributed by atoms with van der Waals surface area (Å²) in [7, 11) is 1.93. The van der Waals surface area contributed by atoms with Gasteiger partial charge in [-0.2, -0.15) is 0 Å². The molecule has 2 aliphatic rings. The number of allylic oxidation sites excluding steroid dienone is 1. The van der Waals surface area contributed by atoms with Gasteiger partial charge in [-0.15, -0.1) is 0 Å². The van der Waals surface area contributed by atoms with Crippen molar-refractivity contribution in [2.45, 2.75) is 58.4 Å². The molecule has 0 saturated carbocycles. The minimum absolute atomic E-state index is 0.244. The van der Waals surface area contributed by atoms with Crippen molar-refractivity contribution in [1.29, 1.82) is 0 Å². The van der Waals surface area contributed by atoms with E-state index < -0.39 is 11.6 Å². The zero-order valence-electron chi connectivity index (χ0n) is 18.2. The molecule has 6 nitrogen and oxygen atoms in total. The number of ketones is 1. The average Bonchev–Trinajstić information content (AvgIpc) is 2.98. The summed E-state index contributed by atoms with van der Waals surface area (Å²) < 4.78 is 0. The van der Waals surface area contributed by atoms with E-state index in [4.69, 9.17) is 0 Å². The molecule has 2 heterocycles. The summed E-state index contributed by atoms with van der Waals surface area (Å²) >= 11 is 0. The summed E-state index contributed by atoms with van der Waals surface area (Å²) in [6.45, 7) is 9.80. The van der Waals surface area contributed by atoms with E-state index in [9.17, 15) is 14.4 Å². The number of amides is 3. The summed E-state index contributed by atoms with van der Waals surface area (Å²) in [6, 6.07) is 7.57. The first kappa shape index (κ1) is 21.1. The van der Waals surface area contributed by atoms with Crippen LogP contribution in [0.1, 0.15) is 53.0 Å². The number of carbonyl (C=O) groups is 3. The van der Waals surface area contributed by atoms with Crippen molar-refractivity contribution in [3.8, 4) is 0 Å². The molecule has 0 radical (unpaired) electrons. The van der Waals surface area contributed by atoms with Crippen LogP contribution >= 0.6 is 0 Å². The van der Waals surface area contributed by atoms with Gasteiger partial charge in [-0.1, -0.05) is 45.9 Å². The summed E-state index contributed by atoms with van der Waals surface area (Å²) in [5, 5.41) is 2.78. The minimum Gasteiger partial charge on any atom is -0.347 e. The third-order valence-electron chi connectivity index (χ3n) is 6.12. The number of benzene rings is 1. The second kappa shape index (κ2) is 7.32. The summed E-state index contributed by atoms with van der Waals surface area (Å²) in [6.07, 6.45) is 2.96. The highest BCUT2D eigenvalue weighted by Crippen LogP contribution is 2.46. The van der Waals surface area contributed by atoms with E-state index in [0.717, 1.165) is 28.3 Å². The number of likely N-dealkylation sites (N-methyl/N-ethyl adjacent to an activating group) is 1. The van der Waals surface area contributed by atoms with E-state index in [-0.39, 0.29) is 23.7 Å². The molecule has 1 unspecified atom stereocenters. The van der Waals surface area contributed by atoms with Crippen molar-refractivity contribution in [1.82, 2.24) is 10.2 Å². The summed E-state index contributed by atoms with van der Waals surface area (Å²) in [4.78, 5) is 41.1. The van der Waals surface area contributed by atoms with Gasteiger partial charge in [0.05, 0.1) is 6.54 Å². The molecule has 3 amide bonds. The molecule has 1 atom stereocenters. The smallest absolute Gasteiger partial charge is 0.325 e. The first-order valence-corrected chi connectivity index (χ1v) is 10.2. The number of fused-ring (bicyclic) bond motifs is 1. The van der Waals surface area contributed by atoms with Gasteiger partial charge in [-0.25, -0.2) is 4.79 Å². The van der Waals surface area contributed by atoms with Gasteiger partial charge in [-0.3, -0.25) is 14.5 Å². The molecule has 0 aromatic heterocycles. The van der Waals surface area contributed by atoms with E-state index in [1.54, 1.807) is 13.0 Å². The molecule has 1 saturated heterocycles. The minimum atomic E-state index is -0.936. The van der Waals surface area contributed by atoms with E-state index in [1.807, 2.05) is 30.1 Å². The molecule has 1 aromatic rings. The molecule has 0 aliphatic carbocycles. The molecule has 1 fully saturated rings. The number of para-hydroxylation sites is 1. The van der Waals surface area contributed by atoms with Crippen molar-refractivity contribution < 1.29 is 14.4 Å². The van der Waals surface area contributed by atoms with Crippen LogP contribution in [0.2, 0.25) is 0 Å². The Kier molecular flexibility index (Phi) is 5.32.